The molecule has 0 saturated carbocycles. The van der Waals surface area contributed by atoms with E-state index in [-0.39, 0.29) is 5.02 Å². The second-order valence-electron chi connectivity index (χ2n) is 6.56. The molecule has 0 unspecified atom stereocenters. The fraction of sp³-hybridized carbons (Fsp3) is 0.300. The highest BCUT2D eigenvalue weighted by Gasteiger charge is 2.31. The summed E-state index contributed by atoms with van der Waals surface area (Å²) < 4.78 is 39.6. The Hall–Kier alpha value is -1.69. The molecule has 0 saturated heterocycles. The molecule has 2 aromatic carbocycles. The van der Waals surface area contributed by atoms with Gasteiger partial charge in [-0.05, 0) is 74.2 Å². The van der Waals surface area contributed by atoms with Crippen molar-refractivity contribution in [3.05, 3.63) is 57.1 Å². The van der Waals surface area contributed by atoms with Crippen molar-refractivity contribution in [2.24, 2.45) is 5.73 Å². The van der Waals surface area contributed by atoms with Crippen LogP contribution in [0, 0.1) is 6.92 Å². The molecule has 3 N–H and O–H groups in total. The van der Waals surface area contributed by atoms with Crippen molar-refractivity contribution < 1.29 is 13.2 Å². The number of hydrogen-bond acceptors (Lipinski definition) is 1. The molecule has 0 amide bonds. The Bertz CT molecular complexity index is 977. The van der Waals surface area contributed by atoms with E-state index in [4.69, 9.17) is 28.9 Å². The third-order valence-electron chi connectivity index (χ3n) is 4.62. The average Bonchev–Trinajstić information content (AvgIpc) is 2.93. The van der Waals surface area contributed by atoms with Crippen LogP contribution in [0.15, 0.2) is 30.3 Å². The number of unbranched alkanes of at least 4 members (excludes halogenated alkanes) is 1. The van der Waals surface area contributed by atoms with Gasteiger partial charge in [0.15, 0.2) is 0 Å². The first-order chi connectivity index (χ1) is 12.7. The summed E-state index contributed by atoms with van der Waals surface area (Å²) in [5, 5.41) is 1.75. The van der Waals surface area contributed by atoms with Crippen LogP contribution in [0.4, 0.5) is 13.2 Å². The third-order valence-corrected chi connectivity index (χ3v) is 5.17. The summed E-state index contributed by atoms with van der Waals surface area (Å²) in [6.07, 6.45) is -2.14. The quantitative estimate of drug-likeness (QED) is 0.445. The molecule has 0 aliphatic heterocycles. The molecule has 0 spiro atoms. The van der Waals surface area contributed by atoms with Crippen LogP contribution in [0.2, 0.25) is 10.0 Å². The molecule has 2 nitrogen and oxygen atoms in total. The molecule has 0 bridgehead atoms. The molecule has 1 heterocycles. The van der Waals surface area contributed by atoms with Crippen LogP contribution in [-0.4, -0.2) is 11.5 Å². The van der Waals surface area contributed by atoms with Crippen molar-refractivity contribution >= 4 is 34.1 Å². The Balaban J connectivity index is 2.24. The van der Waals surface area contributed by atoms with Gasteiger partial charge in [-0.2, -0.15) is 13.2 Å². The summed E-state index contributed by atoms with van der Waals surface area (Å²) in [7, 11) is 0. The molecule has 3 aromatic rings. The number of aromatic nitrogens is 1. The van der Waals surface area contributed by atoms with Crippen molar-refractivity contribution in [1.29, 1.82) is 0 Å². The van der Waals surface area contributed by atoms with E-state index in [1.807, 2.05) is 19.1 Å². The number of alkyl halides is 3. The SMILES string of the molecule is Cc1cc(Cl)cc2c(CCCCN)c(-c3cc(C(F)(F)F)ccc3Cl)[nH]c12. The molecule has 0 aliphatic carbocycles. The number of rotatable bonds is 5. The van der Waals surface area contributed by atoms with Crippen molar-refractivity contribution in [1.82, 2.24) is 4.98 Å². The number of nitrogens with two attached hydrogens (primary N) is 1. The third kappa shape index (κ3) is 4.10. The number of hydrogen-bond donors (Lipinski definition) is 2. The molecular formula is C20H19Cl2F3N2. The molecule has 0 fully saturated rings. The summed E-state index contributed by atoms with van der Waals surface area (Å²) in [5.74, 6) is 0. The van der Waals surface area contributed by atoms with Gasteiger partial charge in [0.1, 0.15) is 0 Å². The van der Waals surface area contributed by atoms with Gasteiger partial charge in [-0.15, -0.1) is 0 Å². The van der Waals surface area contributed by atoms with E-state index in [1.54, 1.807) is 0 Å². The van der Waals surface area contributed by atoms with E-state index in [0.29, 0.717) is 29.2 Å². The Kier molecular flexibility index (Phi) is 5.75. The van der Waals surface area contributed by atoms with Crippen molar-refractivity contribution in [2.45, 2.75) is 32.4 Å². The predicted octanol–water partition coefficient (Wildman–Crippen LogP) is 6.75. The number of nitrogens with one attached hydrogen (secondary N) is 1. The van der Waals surface area contributed by atoms with E-state index < -0.39 is 11.7 Å². The smallest absolute Gasteiger partial charge is 0.354 e. The van der Waals surface area contributed by atoms with Crippen LogP contribution >= 0.6 is 23.2 Å². The van der Waals surface area contributed by atoms with Crippen LogP contribution in [0.25, 0.3) is 22.2 Å². The van der Waals surface area contributed by atoms with Crippen LogP contribution in [0.5, 0.6) is 0 Å². The molecular weight excluding hydrogens is 396 g/mol. The van der Waals surface area contributed by atoms with Crippen LogP contribution in [0.1, 0.15) is 29.5 Å². The first kappa shape index (κ1) is 20.1. The number of H-pyrrole nitrogens is 1. The lowest BCUT2D eigenvalue weighted by molar-refractivity contribution is -0.137. The highest BCUT2D eigenvalue weighted by Crippen LogP contribution is 2.40. The average molecular weight is 415 g/mol. The van der Waals surface area contributed by atoms with Gasteiger partial charge in [0.25, 0.3) is 0 Å². The van der Waals surface area contributed by atoms with Gasteiger partial charge in [-0.1, -0.05) is 23.2 Å². The molecule has 0 radical (unpaired) electrons. The highest BCUT2D eigenvalue weighted by molar-refractivity contribution is 6.33. The molecule has 7 heteroatoms. The molecule has 3 rings (SSSR count). The molecule has 27 heavy (non-hydrogen) atoms. The van der Waals surface area contributed by atoms with Crippen LogP contribution in [-0.2, 0) is 12.6 Å². The summed E-state index contributed by atoms with van der Waals surface area (Å²) in [5.41, 5.74) is 8.48. The topological polar surface area (TPSA) is 41.8 Å². The zero-order valence-electron chi connectivity index (χ0n) is 14.7. The summed E-state index contributed by atoms with van der Waals surface area (Å²) in [4.78, 5) is 3.28. The monoisotopic (exact) mass is 414 g/mol. The van der Waals surface area contributed by atoms with Crippen molar-refractivity contribution in [3.63, 3.8) is 0 Å². The van der Waals surface area contributed by atoms with E-state index >= 15 is 0 Å². The number of benzene rings is 2. The van der Waals surface area contributed by atoms with Gasteiger partial charge >= 0.3 is 6.18 Å². The second-order valence-corrected chi connectivity index (χ2v) is 7.41. The summed E-state index contributed by atoms with van der Waals surface area (Å²) in [6, 6.07) is 7.03. The minimum atomic E-state index is -4.44. The fourth-order valence-corrected chi connectivity index (χ4v) is 3.80. The molecule has 0 atom stereocenters. The maximum atomic E-state index is 13.2. The Morgan fingerprint density at radius 1 is 1.07 bits per heavy atom. The van der Waals surface area contributed by atoms with E-state index in [2.05, 4.69) is 4.98 Å². The van der Waals surface area contributed by atoms with Crippen LogP contribution < -0.4 is 5.73 Å². The van der Waals surface area contributed by atoms with E-state index in [9.17, 15) is 13.2 Å². The molecule has 0 aliphatic rings. The van der Waals surface area contributed by atoms with Gasteiger partial charge < -0.3 is 10.7 Å². The lowest BCUT2D eigenvalue weighted by Gasteiger charge is -2.11. The van der Waals surface area contributed by atoms with Crippen LogP contribution in [0.3, 0.4) is 0 Å². The molecule has 1 aromatic heterocycles. The van der Waals surface area contributed by atoms with Gasteiger partial charge in [-0.3, -0.25) is 0 Å². The maximum Gasteiger partial charge on any atom is 0.416 e. The summed E-state index contributed by atoms with van der Waals surface area (Å²) in [6.45, 7) is 2.47. The Morgan fingerprint density at radius 2 is 1.81 bits per heavy atom. The first-order valence-corrected chi connectivity index (χ1v) is 9.36. The van der Waals surface area contributed by atoms with Gasteiger partial charge in [-0.25, -0.2) is 0 Å². The lowest BCUT2D eigenvalue weighted by Crippen LogP contribution is -2.05. The minimum absolute atomic E-state index is 0.262. The molecule has 144 valence electrons. The van der Waals surface area contributed by atoms with Gasteiger partial charge in [0.05, 0.1) is 11.3 Å². The zero-order chi connectivity index (χ0) is 19.8. The number of halogens is 5. The summed E-state index contributed by atoms with van der Waals surface area (Å²) >= 11 is 12.5. The van der Waals surface area contributed by atoms with E-state index in [0.717, 1.165) is 47.0 Å². The number of fused-ring (bicyclic) bond motifs is 1. The standard InChI is InChI=1S/C20H19Cl2F3N2/c1-11-8-13(21)10-15-14(4-2-3-7-26)19(27-18(11)15)16-9-12(20(23,24)25)5-6-17(16)22/h5-6,8-10,27H,2-4,7,26H2,1H3. The highest BCUT2D eigenvalue weighted by atomic mass is 35.5. The van der Waals surface area contributed by atoms with E-state index in [1.165, 1.54) is 6.07 Å². The van der Waals surface area contributed by atoms with Gasteiger partial charge in [0.2, 0.25) is 0 Å². The zero-order valence-corrected chi connectivity index (χ0v) is 16.2. The fourth-order valence-electron chi connectivity index (χ4n) is 3.31. The number of aryl methyl sites for hydroxylation is 2. The maximum absolute atomic E-state index is 13.2. The minimum Gasteiger partial charge on any atom is -0.354 e. The largest absolute Gasteiger partial charge is 0.416 e. The van der Waals surface area contributed by atoms with Gasteiger partial charge in [0, 0.05) is 26.5 Å². The lowest BCUT2D eigenvalue weighted by atomic mass is 9.98. The predicted molar refractivity (Wildman–Crippen MR) is 105 cm³/mol. The van der Waals surface area contributed by atoms with Crippen molar-refractivity contribution in [2.75, 3.05) is 6.54 Å². The normalized spacial score (nSPS) is 12.1. The number of aromatic amines is 1. The Labute approximate surface area is 165 Å². The van der Waals surface area contributed by atoms with Crippen molar-refractivity contribution in [3.8, 4) is 11.3 Å². The Morgan fingerprint density at radius 3 is 2.48 bits per heavy atom. The second kappa shape index (κ2) is 7.74. The first-order valence-electron chi connectivity index (χ1n) is 8.60.